The lowest BCUT2D eigenvalue weighted by Gasteiger charge is -2.71. The summed E-state index contributed by atoms with van der Waals surface area (Å²) in [6.07, 6.45) is -9.35. The molecule has 0 aromatic rings. The molecular weight excluding hydrogens is 849 g/mol. The minimum absolute atomic E-state index is 0.000687. The number of allylic oxidation sites excluding steroid dienone is 2. The summed E-state index contributed by atoms with van der Waals surface area (Å²) in [6.45, 7) is 15.6. The summed E-state index contributed by atoms with van der Waals surface area (Å²) >= 11 is 0. The quantitative estimate of drug-likeness (QED) is 0.0939. The first-order valence-corrected chi connectivity index (χ1v) is 24.0. The molecule has 8 rings (SSSR count). The number of esters is 1. The van der Waals surface area contributed by atoms with Crippen molar-refractivity contribution in [1.82, 2.24) is 0 Å². The zero-order valence-corrected chi connectivity index (χ0v) is 39.3. The Morgan fingerprint density at radius 1 is 0.723 bits per heavy atom. The van der Waals surface area contributed by atoms with E-state index in [9.17, 15) is 50.4 Å². The van der Waals surface area contributed by atoms with Crippen molar-refractivity contribution in [2.45, 2.75) is 206 Å². The number of aliphatic hydroxyl groups is 7. The van der Waals surface area contributed by atoms with Gasteiger partial charge >= 0.3 is 11.9 Å². The normalized spacial score (nSPS) is 53.0. The SMILES string of the molecule is CC(=O)O[C@@H]1[C@@H](O)[C@H](O[C@@H]2[C@@H](O)[C@H](C)O[C@@H](O[C@H]3[C@H](O[C@H]4CC[C@@]5(C)[C@@H](CC[C@]6(C)[C@@H]5CC=C5[C@@H]7CC(C)(C)CC[C@]7(C(=O)O)CC[C@]56C)[C@]4(C)CO)OC[C@H](O)[C@@H]3O)[C@@H]2O)OC[C@@H]1O. The summed E-state index contributed by atoms with van der Waals surface area (Å²) in [5.74, 6) is -1.13. The van der Waals surface area contributed by atoms with Gasteiger partial charge < -0.3 is 74.0 Å². The summed E-state index contributed by atoms with van der Waals surface area (Å²) in [5, 5.41) is 88.4. The van der Waals surface area contributed by atoms with Gasteiger partial charge in [-0.1, -0.05) is 53.2 Å². The van der Waals surface area contributed by atoms with Crippen molar-refractivity contribution in [3.63, 3.8) is 0 Å². The molecule has 0 aromatic carbocycles. The van der Waals surface area contributed by atoms with Crippen LogP contribution in [0.3, 0.4) is 0 Å². The molecular formula is C48H76O17. The predicted octanol–water partition coefficient (Wildman–Crippen LogP) is 2.56. The van der Waals surface area contributed by atoms with Gasteiger partial charge in [-0.2, -0.15) is 0 Å². The molecule has 3 aliphatic heterocycles. The summed E-state index contributed by atoms with van der Waals surface area (Å²) in [7, 11) is 0. The van der Waals surface area contributed by atoms with Gasteiger partial charge in [0.1, 0.15) is 48.8 Å². The van der Waals surface area contributed by atoms with Gasteiger partial charge in [-0.25, -0.2) is 0 Å². The van der Waals surface area contributed by atoms with E-state index in [1.54, 1.807) is 0 Å². The standard InChI is InChI=1S/C48H76O17/c1-23-32(53)37(64-39-34(55)36(62-24(2)50)28(52)21-59-39)35(56)40(61-23)65-38-33(54)27(51)20-60-41(38)63-31-12-13-44(5)29(45(31,6)22-49)11-14-47(8)30(44)10-9-25-26-19-43(3,4)15-17-48(26,42(57)58)18-16-46(25,47)7/h9,23,26-41,49,51-56H,10-22H2,1-8H3,(H,57,58)/t23-,26-,27-,28-,29+,30+,31-,32-,33-,34+,35+,36-,37+,38+,39-,40-,41-,44-,45-,46+,47+,48-/m0/s1. The van der Waals surface area contributed by atoms with E-state index < -0.39 is 109 Å². The van der Waals surface area contributed by atoms with Gasteiger partial charge in [-0.3, -0.25) is 9.59 Å². The Labute approximate surface area is 382 Å². The highest BCUT2D eigenvalue weighted by atomic mass is 16.8. The molecule has 8 aliphatic rings. The molecule has 4 saturated carbocycles. The average Bonchev–Trinajstić information content (AvgIpc) is 3.24. The third-order valence-corrected chi connectivity index (χ3v) is 19.0. The number of aliphatic hydroxyl groups excluding tert-OH is 7. The highest BCUT2D eigenvalue weighted by Crippen LogP contribution is 2.76. The molecule has 0 unspecified atom stereocenters. The van der Waals surface area contributed by atoms with Crippen LogP contribution >= 0.6 is 0 Å². The van der Waals surface area contributed by atoms with E-state index in [4.69, 9.17) is 33.2 Å². The molecule has 0 bridgehead atoms. The number of carboxylic acid groups (broad SMARTS) is 1. The second-order valence-electron chi connectivity index (χ2n) is 23.0. The first-order valence-electron chi connectivity index (χ1n) is 24.0. The van der Waals surface area contributed by atoms with E-state index in [2.05, 4.69) is 47.6 Å². The number of carbonyl (C=O) groups is 2. The largest absolute Gasteiger partial charge is 0.481 e. The highest BCUT2D eigenvalue weighted by molar-refractivity contribution is 5.76. The first-order chi connectivity index (χ1) is 30.4. The van der Waals surface area contributed by atoms with Crippen molar-refractivity contribution >= 4 is 11.9 Å². The molecule has 17 nitrogen and oxygen atoms in total. The summed E-state index contributed by atoms with van der Waals surface area (Å²) < 4.78 is 41.4. The number of fused-ring (bicyclic) bond motifs is 7. The van der Waals surface area contributed by atoms with Gasteiger partial charge in [0.15, 0.2) is 25.0 Å². The summed E-state index contributed by atoms with van der Waals surface area (Å²) in [6, 6.07) is 0. The lowest BCUT2D eigenvalue weighted by molar-refractivity contribution is -0.379. The fourth-order valence-electron chi connectivity index (χ4n) is 14.9. The molecule has 65 heavy (non-hydrogen) atoms. The highest BCUT2D eigenvalue weighted by Gasteiger charge is 2.70. The van der Waals surface area contributed by atoms with Crippen LogP contribution in [0, 0.1) is 50.2 Å². The zero-order valence-electron chi connectivity index (χ0n) is 39.3. The molecule has 8 N–H and O–H groups in total. The Morgan fingerprint density at radius 3 is 2.05 bits per heavy atom. The number of aliphatic carboxylic acids is 1. The third-order valence-electron chi connectivity index (χ3n) is 19.0. The maximum atomic E-state index is 13.1. The topological polar surface area (TPSA) is 261 Å². The van der Waals surface area contributed by atoms with Gasteiger partial charge in [-0.15, -0.1) is 0 Å². The number of hydrogen-bond acceptors (Lipinski definition) is 16. The van der Waals surface area contributed by atoms with E-state index in [0.717, 1.165) is 51.9 Å². The van der Waals surface area contributed by atoms with Gasteiger partial charge in [0.05, 0.1) is 37.4 Å². The Morgan fingerprint density at radius 2 is 1.37 bits per heavy atom. The third kappa shape index (κ3) is 7.96. The van der Waals surface area contributed by atoms with Gasteiger partial charge in [0, 0.05) is 12.3 Å². The fraction of sp³-hybridized carbons (Fsp3) is 0.917. The Hall–Kier alpha value is -1.84. The van der Waals surface area contributed by atoms with Gasteiger partial charge in [-0.05, 0) is 111 Å². The van der Waals surface area contributed by atoms with E-state index >= 15 is 0 Å². The van der Waals surface area contributed by atoms with Crippen LogP contribution in [-0.2, 0) is 42.7 Å². The van der Waals surface area contributed by atoms with Crippen molar-refractivity contribution in [2.24, 2.45) is 50.2 Å². The van der Waals surface area contributed by atoms with Crippen LogP contribution in [0.2, 0.25) is 0 Å². The number of ether oxygens (including phenoxy) is 7. The van der Waals surface area contributed by atoms with E-state index in [0.29, 0.717) is 19.3 Å². The maximum Gasteiger partial charge on any atom is 0.310 e. The van der Waals surface area contributed by atoms with Gasteiger partial charge in [0.25, 0.3) is 0 Å². The molecule has 0 aromatic heterocycles. The lowest BCUT2D eigenvalue weighted by Crippen LogP contribution is -2.67. The predicted molar refractivity (Wildman–Crippen MR) is 228 cm³/mol. The summed E-state index contributed by atoms with van der Waals surface area (Å²) in [4.78, 5) is 24.8. The molecule has 0 amide bonds. The van der Waals surface area contributed by atoms with Crippen molar-refractivity contribution in [1.29, 1.82) is 0 Å². The van der Waals surface area contributed by atoms with E-state index in [1.807, 2.05) is 0 Å². The van der Waals surface area contributed by atoms with Crippen molar-refractivity contribution in [2.75, 3.05) is 19.8 Å². The van der Waals surface area contributed by atoms with Crippen LogP contribution < -0.4 is 0 Å². The molecule has 0 radical (unpaired) electrons. The Balaban J connectivity index is 1.01. The van der Waals surface area contributed by atoms with Gasteiger partial charge in [0.2, 0.25) is 0 Å². The number of hydrogen-bond donors (Lipinski definition) is 8. The number of rotatable bonds is 9. The molecule has 0 spiro atoms. The monoisotopic (exact) mass is 925 g/mol. The molecule has 370 valence electrons. The maximum absolute atomic E-state index is 13.1. The molecule has 7 fully saturated rings. The van der Waals surface area contributed by atoms with Crippen LogP contribution in [0.15, 0.2) is 11.6 Å². The van der Waals surface area contributed by atoms with Crippen molar-refractivity contribution in [3.05, 3.63) is 11.6 Å². The second-order valence-corrected chi connectivity index (χ2v) is 23.0. The first kappa shape index (κ1) is 49.6. The Kier molecular flexibility index (Phi) is 13.4. The minimum Gasteiger partial charge on any atom is -0.481 e. The molecule has 3 saturated heterocycles. The summed E-state index contributed by atoms with van der Waals surface area (Å²) in [5.41, 5.74) is -0.583. The fourth-order valence-corrected chi connectivity index (χ4v) is 14.9. The average molecular weight is 925 g/mol. The second kappa shape index (κ2) is 17.5. The van der Waals surface area contributed by atoms with Crippen LogP contribution in [0.5, 0.6) is 0 Å². The van der Waals surface area contributed by atoms with E-state index in [1.165, 1.54) is 12.5 Å². The van der Waals surface area contributed by atoms with Crippen LogP contribution in [0.4, 0.5) is 0 Å². The molecule has 17 heteroatoms. The van der Waals surface area contributed by atoms with Crippen molar-refractivity contribution < 1.29 is 83.6 Å². The number of carboxylic acids is 1. The molecule has 22 atom stereocenters. The van der Waals surface area contributed by atoms with E-state index in [-0.39, 0.29) is 59.2 Å². The smallest absolute Gasteiger partial charge is 0.310 e. The lowest BCUT2D eigenvalue weighted by atomic mass is 9.33. The molecule has 5 aliphatic carbocycles. The minimum atomic E-state index is -1.76. The van der Waals surface area contributed by atoms with Crippen LogP contribution in [-0.4, -0.2) is 159 Å². The number of carbonyl (C=O) groups excluding carboxylic acids is 1. The van der Waals surface area contributed by atoms with Crippen LogP contribution in [0.25, 0.3) is 0 Å². The zero-order chi connectivity index (χ0) is 47.4. The van der Waals surface area contributed by atoms with Crippen LogP contribution in [0.1, 0.15) is 120 Å². The van der Waals surface area contributed by atoms with Crippen molar-refractivity contribution in [3.8, 4) is 0 Å². The Bertz CT molecular complexity index is 1810. The molecule has 3 heterocycles.